The largest absolute Gasteiger partial charge is 0.493 e. The molecule has 57 heavy (non-hydrogen) atoms. The highest BCUT2D eigenvalue weighted by molar-refractivity contribution is 6.32. The van der Waals surface area contributed by atoms with E-state index in [1.807, 2.05) is 26.0 Å². The molecule has 11 heteroatoms. The van der Waals surface area contributed by atoms with Crippen LogP contribution in [0, 0.1) is 5.41 Å². The zero-order valence-corrected chi connectivity index (χ0v) is 35.3. The molecule has 6 rings (SSSR count). The highest BCUT2D eigenvalue weighted by Crippen LogP contribution is 2.47. The van der Waals surface area contributed by atoms with Gasteiger partial charge in [-0.15, -0.1) is 0 Å². The van der Waals surface area contributed by atoms with Crippen LogP contribution in [0.25, 0.3) is 11.1 Å². The summed E-state index contributed by atoms with van der Waals surface area (Å²) >= 11 is 13.7. The second kappa shape index (κ2) is 18.3. The molecule has 0 spiro atoms. The quantitative estimate of drug-likeness (QED) is 0.0845. The van der Waals surface area contributed by atoms with E-state index in [0.717, 1.165) is 66.5 Å². The van der Waals surface area contributed by atoms with Gasteiger partial charge in [-0.2, -0.15) is 0 Å². The SMILES string of the molecule is CCOc1cc(O[C@H]2CCc3c(-c4cccc5c4CC[C@@H]5Oc4cc(OCC)c(CN[C@@](C)(CO)C(=O)OC)cc4Cl)cccc32)c(Cl)cc1CCC(C)(C)CO. The van der Waals surface area contributed by atoms with Crippen LogP contribution in [0.5, 0.6) is 23.0 Å². The van der Waals surface area contributed by atoms with Crippen molar-refractivity contribution in [2.24, 2.45) is 5.41 Å². The first-order chi connectivity index (χ1) is 27.3. The Morgan fingerprint density at radius 2 is 1.26 bits per heavy atom. The van der Waals surface area contributed by atoms with E-state index in [-0.39, 0.29) is 30.8 Å². The number of aliphatic hydroxyl groups excluding tert-OH is 2. The van der Waals surface area contributed by atoms with Crippen LogP contribution in [0.4, 0.5) is 0 Å². The molecule has 2 aliphatic carbocycles. The highest BCUT2D eigenvalue weighted by Gasteiger charge is 2.34. The molecule has 306 valence electrons. The zero-order valence-electron chi connectivity index (χ0n) is 33.8. The van der Waals surface area contributed by atoms with Gasteiger partial charge in [0.2, 0.25) is 0 Å². The van der Waals surface area contributed by atoms with Gasteiger partial charge >= 0.3 is 5.97 Å². The summed E-state index contributed by atoms with van der Waals surface area (Å²) in [7, 11) is 1.29. The fourth-order valence-electron chi connectivity index (χ4n) is 7.79. The van der Waals surface area contributed by atoms with Crippen LogP contribution in [-0.2, 0) is 35.3 Å². The molecule has 0 unspecified atom stereocenters. The van der Waals surface area contributed by atoms with Crippen LogP contribution in [-0.4, -0.2) is 55.3 Å². The van der Waals surface area contributed by atoms with Crippen molar-refractivity contribution in [1.82, 2.24) is 5.32 Å². The number of esters is 1. The van der Waals surface area contributed by atoms with E-state index in [1.165, 1.54) is 29.4 Å². The second-order valence-corrected chi connectivity index (χ2v) is 16.7. The van der Waals surface area contributed by atoms with Crippen molar-refractivity contribution in [1.29, 1.82) is 0 Å². The van der Waals surface area contributed by atoms with Crippen LogP contribution in [0.15, 0.2) is 60.7 Å². The number of fused-ring (bicyclic) bond motifs is 2. The first kappa shape index (κ1) is 42.6. The van der Waals surface area contributed by atoms with Crippen molar-refractivity contribution < 1.29 is 38.7 Å². The zero-order chi connectivity index (χ0) is 40.9. The molecule has 2 aliphatic rings. The molecule has 9 nitrogen and oxygen atoms in total. The number of halogens is 2. The standard InChI is InChI=1S/C46H55Cl2NO8/c1-7-54-40-23-42(36(47)21-28(40)19-20-45(3,4)26-50)56-38-17-15-32-30(11-9-13-34(32)38)31-12-10-14-35-33(31)16-18-39(35)57-43-24-41(55-8-2)29(22-37(43)48)25-49-46(5,27-51)44(52)53-6/h9-14,21-24,38-39,49-51H,7-8,15-20,25-27H2,1-6H3/t38-,39-,46-/m0/s1. The lowest BCUT2D eigenvalue weighted by atomic mass is 9.87. The van der Waals surface area contributed by atoms with Crippen molar-refractivity contribution in [2.45, 2.75) is 97.4 Å². The molecule has 0 heterocycles. The lowest BCUT2D eigenvalue weighted by Crippen LogP contribution is -2.52. The van der Waals surface area contributed by atoms with E-state index in [2.05, 4.69) is 55.6 Å². The summed E-state index contributed by atoms with van der Waals surface area (Å²) in [6.45, 7) is 10.4. The molecule has 0 radical (unpaired) electrons. The van der Waals surface area contributed by atoms with Crippen molar-refractivity contribution >= 4 is 29.2 Å². The Balaban J connectivity index is 1.22. The van der Waals surface area contributed by atoms with Gasteiger partial charge < -0.3 is 33.9 Å². The van der Waals surface area contributed by atoms with E-state index in [9.17, 15) is 15.0 Å². The number of carbonyl (C=O) groups is 1. The summed E-state index contributed by atoms with van der Waals surface area (Å²) in [4.78, 5) is 12.3. The average molecular weight is 821 g/mol. The third kappa shape index (κ3) is 9.34. The topological polar surface area (TPSA) is 116 Å². The average Bonchev–Trinajstić information content (AvgIpc) is 3.82. The number of aryl methyl sites for hydroxylation is 1. The predicted octanol–water partition coefficient (Wildman–Crippen LogP) is 9.56. The predicted molar refractivity (Wildman–Crippen MR) is 224 cm³/mol. The number of hydrogen-bond donors (Lipinski definition) is 3. The molecule has 0 amide bonds. The summed E-state index contributed by atoms with van der Waals surface area (Å²) in [6, 6.07) is 20.4. The Hall–Kier alpha value is -3.99. The molecular weight excluding hydrogens is 765 g/mol. The highest BCUT2D eigenvalue weighted by atomic mass is 35.5. The van der Waals surface area contributed by atoms with E-state index >= 15 is 0 Å². The normalized spacial score (nSPS) is 17.1. The minimum absolute atomic E-state index is 0.114. The summed E-state index contributed by atoms with van der Waals surface area (Å²) in [5, 5.41) is 23.7. The van der Waals surface area contributed by atoms with Crippen molar-refractivity contribution in [3.05, 3.63) is 104 Å². The number of hydrogen-bond acceptors (Lipinski definition) is 9. The minimum Gasteiger partial charge on any atom is -0.493 e. The summed E-state index contributed by atoms with van der Waals surface area (Å²) in [5.74, 6) is 1.89. The first-order valence-corrected chi connectivity index (χ1v) is 20.6. The number of rotatable bonds is 18. The summed E-state index contributed by atoms with van der Waals surface area (Å²) in [5.41, 5.74) is 7.48. The maximum absolute atomic E-state index is 12.3. The maximum Gasteiger partial charge on any atom is 0.328 e. The lowest BCUT2D eigenvalue weighted by Gasteiger charge is -2.26. The van der Waals surface area contributed by atoms with Gasteiger partial charge in [-0.05, 0) is 116 Å². The van der Waals surface area contributed by atoms with Gasteiger partial charge in [0.25, 0.3) is 0 Å². The van der Waals surface area contributed by atoms with Crippen LogP contribution in [0.3, 0.4) is 0 Å². The fourth-order valence-corrected chi connectivity index (χ4v) is 8.26. The lowest BCUT2D eigenvalue weighted by molar-refractivity contribution is -0.149. The molecule has 4 aromatic rings. The third-order valence-electron chi connectivity index (χ3n) is 11.2. The minimum atomic E-state index is -1.29. The Bertz CT molecular complexity index is 2070. The molecule has 0 saturated carbocycles. The second-order valence-electron chi connectivity index (χ2n) is 15.8. The van der Waals surface area contributed by atoms with Gasteiger partial charge in [0.05, 0.1) is 37.0 Å². The van der Waals surface area contributed by atoms with Gasteiger partial charge in [-0.1, -0.05) is 73.4 Å². The molecule has 3 N–H and O–H groups in total. The molecule has 3 atom stereocenters. The van der Waals surface area contributed by atoms with E-state index in [1.54, 1.807) is 19.1 Å². The van der Waals surface area contributed by atoms with Gasteiger partial charge in [-0.3, -0.25) is 5.32 Å². The van der Waals surface area contributed by atoms with Crippen molar-refractivity contribution in [3.63, 3.8) is 0 Å². The number of ether oxygens (including phenoxy) is 5. The molecule has 0 aliphatic heterocycles. The first-order valence-electron chi connectivity index (χ1n) is 19.9. The van der Waals surface area contributed by atoms with Crippen molar-refractivity contribution in [2.75, 3.05) is 33.5 Å². The number of methoxy groups -OCH3 is 1. The molecule has 4 aromatic carbocycles. The monoisotopic (exact) mass is 819 g/mol. The molecule has 0 fully saturated rings. The van der Waals surface area contributed by atoms with E-state index in [4.69, 9.17) is 46.9 Å². The molecule has 0 saturated heterocycles. The van der Waals surface area contributed by atoms with Crippen molar-refractivity contribution in [3.8, 4) is 34.1 Å². The fraction of sp³-hybridized carbons (Fsp3) is 0.457. The summed E-state index contributed by atoms with van der Waals surface area (Å²) < 4.78 is 30.2. The maximum atomic E-state index is 12.3. The molecule has 0 bridgehead atoms. The van der Waals surface area contributed by atoms with Crippen LogP contribution in [0.2, 0.25) is 10.0 Å². The Morgan fingerprint density at radius 1 is 0.754 bits per heavy atom. The van der Waals surface area contributed by atoms with Gasteiger partial charge in [0.15, 0.2) is 0 Å². The number of aliphatic hydroxyl groups is 2. The van der Waals surface area contributed by atoms with E-state index < -0.39 is 18.1 Å². The third-order valence-corrected chi connectivity index (χ3v) is 11.8. The Labute approximate surface area is 346 Å². The molecule has 0 aromatic heterocycles. The van der Waals surface area contributed by atoms with Gasteiger partial charge in [-0.25, -0.2) is 4.79 Å². The van der Waals surface area contributed by atoms with Crippen LogP contribution >= 0.6 is 23.2 Å². The number of nitrogens with one attached hydrogen (secondary N) is 1. The van der Waals surface area contributed by atoms with Crippen LogP contribution in [0.1, 0.15) is 99.5 Å². The number of carbonyl (C=O) groups excluding carboxylic acids is 1. The number of benzene rings is 4. The van der Waals surface area contributed by atoms with E-state index in [0.29, 0.717) is 40.5 Å². The summed E-state index contributed by atoms with van der Waals surface area (Å²) in [6.07, 6.45) is 4.52. The molecular formula is C46H55Cl2NO8. The Morgan fingerprint density at radius 3 is 1.74 bits per heavy atom. The Kier molecular flexibility index (Phi) is 13.7. The smallest absolute Gasteiger partial charge is 0.328 e. The van der Waals surface area contributed by atoms with Gasteiger partial charge in [0.1, 0.15) is 40.7 Å². The van der Waals surface area contributed by atoms with Gasteiger partial charge in [0, 0.05) is 30.8 Å². The van der Waals surface area contributed by atoms with Crippen LogP contribution < -0.4 is 24.3 Å².